The first kappa shape index (κ1) is 18.2. The smallest absolute Gasteiger partial charge is 0.416 e. The van der Waals surface area contributed by atoms with E-state index in [1.54, 1.807) is 20.8 Å². The molecule has 0 heterocycles. The van der Waals surface area contributed by atoms with Gasteiger partial charge >= 0.3 is 12.3 Å². The lowest BCUT2D eigenvalue weighted by Crippen LogP contribution is -2.27. The van der Waals surface area contributed by atoms with Crippen LogP contribution in [0.3, 0.4) is 0 Å². The summed E-state index contributed by atoms with van der Waals surface area (Å²) < 4.78 is 43.4. The first-order valence-corrected chi connectivity index (χ1v) is 6.55. The molecule has 0 aliphatic carbocycles. The number of ether oxygens (including phenoxy) is 1. The molecule has 0 saturated heterocycles. The van der Waals surface area contributed by atoms with Crippen LogP contribution >= 0.6 is 0 Å². The Labute approximate surface area is 126 Å². The lowest BCUT2D eigenvalue weighted by molar-refractivity contribution is -0.137. The van der Waals surface area contributed by atoms with Crippen molar-refractivity contribution in [1.29, 1.82) is 0 Å². The summed E-state index contributed by atoms with van der Waals surface area (Å²) in [6, 6.07) is 3.07. The summed E-state index contributed by atoms with van der Waals surface area (Å²) in [6.45, 7) is 5.07. The van der Waals surface area contributed by atoms with Crippen LogP contribution in [0.25, 0.3) is 0 Å². The van der Waals surface area contributed by atoms with Gasteiger partial charge in [0.1, 0.15) is 5.60 Å². The van der Waals surface area contributed by atoms with Gasteiger partial charge in [-0.15, -0.1) is 0 Å². The maximum Gasteiger partial charge on any atom is 0.416 e. The van der Waals surface area contributed by atoms with Crippen molar-refractivity contribution in [3.63, 3.8) is 0 Å². The van der Waals surface area contributed by atoms with Crippen LogP contribution in [0.2, 0.25) is 0 Å². The molecule has 1 amide bonds. The quantitative estimate of drug-likeness (QED) is 0.833. The summed E-state index contributed by atoms with van der Waals surface area (Å²) in [7, 11) is 0. The Kier molecular flexibility index (Phi) is 5.78. The molecule has 3 N–H and O–H groups in total. The van der Waals surface area contributed by atoms with Gasteiger partial charge in [-0.1, -0.05) is 6.07 Å². The SMILES string of the molecule is CC(C)(C)OC(=O)Nc1cc(C(F)(F)F)ccc1CCON. The Hall–Kier alpha value is -1.80. The maximum atomic E-state index is 12.8. The van der Waals surface area contributed by atoms with Crippen LogP contribution in [-0.2, 0) is 22.2 Å². The molecule has 8 heteroatoms. The summed E-state index contributed by atoms with van der Waals surface area (Å²) in [5.41, 5.74) is -1.15. The minimum absolute atomic E-state index is 0.0149. The van der Waals surface area contributed by atoms with Crippen molar-refractivity contribution < 1.29 is 27.5 Å². The van der Waals surface area contributed by atoms with Gasteiger partial charge in [-0.25, -0.2) is 10.7 Å². The highest BCUT2D eigenvalue weighted by Crippen LogP contribution is 2.32. The molecule has 1 rings (SSSR count). The van der Waals surface area contributed by atoms with Crippen molar-refractivity contribution in [2.45, 2.75) is 39.0 Å². The van der Waals surface area contributed by atoms with Gasteiger partial charge in [-0.3, -0.25) is 5.32 Å². The standard InChI is InChI=1S/C14H19F3N2O3/c1-13(2,3)22-12(20)19-11-8-10(14(15,16)17)5-4-9(11)6-7-21-18/h4-5,8H,6-7,18H2,1-3H3,(H,19,20). The van der Waals surface area contributed by atoms with Crippen LogP contribution < -0.4 is 11.2 Å². The van der Waals surface area contributed by atoms with E-state index in [9.17, 15) is 18.0 Å². The van der Waals surface area contributed by atoms with Gasteiger partial charge in [0.2, 0.25) is 0 Å². The van der Waals surface area contributed by atoms with E-state index in [4.69, 9.17) is 10.6 Å². The minimum Gasteiger partial charge on any atom is -0.444 e. The number of alkyl halides is 3. The third-order valence-corrected chi connectivity index (χ3v) is 2.56. The fourth-order valence-electron chi connectivity index (χ4n) is 1.67. The molecule has 0 spiro atoms. The first-order valence-electron chi connectivity index (χ1n) is 6.55. The zero-order valence-corrected chi connectivity index (χ0v) is 12.6. The molecule has 0 aliphatic rings. The van der Waals surface area contributed by atoms with Crippen LogP contribution in [0.15, 0.2) is 18.2 Å². The number of carbonyl (C=O) groups is 1. The molecule has 22 heavy (non-hydrogen) atoms. The largest absolute Gasteiger partial charge is 0.444 e. The minimum atomic E-state index is -4.51. The van der Waals surface area contributed by atoms with Gasteiger partial charge in [-0.2, -0.15) is 13.2 Å². The van der Waals surface area contributed by atoms with Crippen molar-refractivity contribution >= 4 is 11.8 Å². The molecule has 0 bridgehead atoms. The Morgan fingerprint density at radius 3 is 2.41 bits per heavy atom. The average Bonchev–Trinajstić information content (AvgIpc) is 2.33. The molecule has 5 nitrogen and oxygen atoms in total. The maximum absolute atomic E-state index is 12.8. The number of hydrogen-bond acceptors (Lipinski definition) is 4. The van der Waals surface area contributed by atoms with Crippen LogP contribution in [0.4, 0.5) is 23.7 Å². The highest BCUT2D eigenvalue weighted by Gasteiger charge is 2.31. The summed E-state index contributed by atoms with van der Waals surface area (Å²) in [5.74, 6) is 4.92. The fourth-order valence-corrected chi connectivity index (χ4v) is 1.67. The molecule has 0 aliphatic heterocycles. The number of hydrogen-bond donors (Lipinski definition) is 2. The van der Waals surface area contributed by atoms with Crippen LogP contribution in [0, 0.1) is 0 Å². The van der Waals surface area contributed by atoms with E-state index in [2.05, 4.69) is 10.2 Å². The Bertz CT molecular complexity index is 525. The zero-order chi connectivity index (χ0) is 17.0. The van der Waals surface area contributed by atoms with Gasteiger partial charge in [-0.05, 0) is 44.9 Å². The number of anilines is 1. The second-order valence-electron chi connectivity index (χ2n) is 5.62. The monoisotopic (exact) mass is 320 g/mol. The van der Waals surface area contributed by atoms with E-state index < -0.39 is 23.4 Å². The van der Waals surface area contributed by atoms with Gasteiger partial charge < -0.3 is 9.57 Å². The Balaban J connectivity index is 3.03. The van der Waals surface area contributed by atoms with Crippen LogP contribution in [0.5, 0.6) is 0 Å². The van der Waals surface area contributed by atoms with Gasteiger partial charge in [0.05, 0.1) is 12.2 Å². The molecule has 0 atom stereocenters. The summed E-state index contributed by atoms with van der Waals surface area (Å²) >= 11 is 0. The molecule has 0 aromatic heterocycles. The predicted octanol–water partition coefficient (Wildman–Crippen LogP) is 3.49. The lowest BCUT2D eigenvalue weighted by atomic mass is 10.1. The second kappa shape index (κ2) is 6.97. The van der Waals surface area contributed by atoms with E-state index >= 15 is 0 Å². The number of nitrogens with two attached hydrogens (primary N) is 1. The molecular weight excluding hydrogens is 301 g/mol. The van der Waals surface area contributed by atoms with Crippen molar-refractivity contribution in [2.75, 3.05) is 11.9 Å². The molecule has 0 unspecified atom stereocenters. The number of benzene rings is 1. The third-order valence-electron chi connectivity index (χ3n) is 2.56. The third kappa shape index (κ3) is 5.90. The molecule has 0 saturated carbocycles. The summed E-state index contributed by atoms with van der Waals surface area (Å²) in [6.07, 6.45) is -5.09. The van der Waals surface area contributed by atoms with Crippen molar-refractivity contribution in [2.24, 2.45) is 5.90 Å². The molecule has 1 aromatic rings. The van der Waals surface area contributed by atoms with E-state index in [1.165, 1.54) is 6.07 Å². The van der Waals surface area contributed by atoms with Crippen molar-refractivity contribution in [3.8, 4) is 0 Å². The molecular formula is C14H19F3N2O3. The lowest BCUT2D eigenvalue weighted by Gasteiger charge is -2.21. The van der Waals surface area contributed by atoms with Crippen molar-refractivity contribution in [3.05, 3.63) is 29.3 Å². The van der Waals surface area contributed by atoms with Crippen LogP contribution in [-0.4, -0.2) is 18.3 Å². The second-order valence-corrected chi connectivity index (χ2v) is 5.62. The molecule has 124 valence electrons. The Morgan fingerprint density at radius 1 is 1.27 bits per heavy atom. The first-order chi connectivity index (χ1) is 10.0. The predicted molar refractivity (Wildman–Crippen MR) is 75.1 cm³/mol. The summed E-state index contributed by atoms with van der Waals surface area (Å²) in [4.78, 5) is 16.2. The molecule has 0 fully saturated rings. The van der Waals surface area contributed by atoms with Gasteiger partial charge in [0.25, 0.3) is 0 Å². The van der Waals surface area contributed by atoms with Gasteiger partial charge in [0, 0.05) is 5.69 Å². The number of rotatable bonds is 4. The Morgan fingerprint density at radius 2 is 1.91 bits per heavy atom. The zero-order valence-electron chi connectivity index (χ0n) is 12.6. The van der Waals surface area contributed by atoms with Crippen molar-refractivity contribution in [1.82, 2.24) is 0 Å². The number of halogens is 3. The summed E-state index contributed by atoms with van der Waals surface area (Å²) in [5, 5.41) is 2.33. The normalized spacial score (nSPS) is 12.1. The number of nitrogens with one attached hydrogen (secondary N) is 1. The average molecular weight is 320 g/mol. The van der Waals surface area contributed by atoms with E-state index in [-0.39, 0.29) is 18.7 Å². The highest BCUT2D eigenvalue weighted by molar-refractivity contribution is 5.86. The molecule has 0 radical (unpaired) electrons. The topological polar surface area (TPSA) is 73.6 Å². The number of amides is 1. The van der Waals surface area contributed by atoms with E-state index in [0.29, 0.717) is 5.56 Å². The van der Waals surface area contributed by atoms with E-state index in [0.717, 1.165) is 12.1 Å². The van der Waals surface area contributed by atoms with Gasteiger partial charge in [0.15, 0.2) is 0 Å². The fraction of sp³-hybridized carbons (Fsp3) is 0.500. The van der Waals surface area contributed by atoms with E-state index in [1.807, 2.05) is 0 Å². The molecule has 1 aromatic carbocycles. The highest BCUT2D eigenvalue weighted by atomic mass is 19.4. The number of carbonyl (C=O) groups excluding carboxylic acids is 1. The van der Waals surface area contributed by atoms with Crippen LogP contribution in [0.1, 0.15) is 31.9 Å².